The zero-order valence-corrected chi connectivity index (χ0v) is 17.1. The van der Waals surface area contributed by atoms with E-state index in [0.717, 1.165) is 18.2 Å². The lowest BCUT2D eigenvalue weighted by atomic mass is 10.1. The number of halogens is 5. The van der Waals surface area contributed by atoms with Crippen molar-refractivity contribution < 1.29 is 22.3 Å². The van der Waals surface area contributed by atoms with E-state index in [2.05, 4.69) is 16.8 Å². The van der Waals surface area contributed by atoms with E-state index in [9.17, 15) is 17.6 Å². The van der Waals surface area contributed by atoms with E-state index in [0.29, 0.717) is 28.8 Å². The molecule has 0 N–H and O–H groups in total. The lowest BCUT2D eigenvalue weighted by Gasteiger charge is -2.11. The highest BCUT2D eigenvalue weighted by molar-refractivity contribution is 7.98. The van der Waals surface area contributed by atoms with E-state index in [1.54, 1.807) is 16.7 Å². The lowest BCUT2D eigenvalue weighted by Crippen LogP contribution is -2.08. The largest absolute Gasteiger partial charge is 0.484 e. The number of benzene rings is 2. The molecule has 1 aromatic heterocycles. The summed E-state index contributed by atoms with van der Waals surface area (Å²) in [6, 6.07) is 8.92. The summed E-state index contributed by atoms with van der Waals surface area (Å²) in [7, 11) is 0. The molecule has 3 aromatic rings. The minimum atomic E-state index is -4.39. The van der Waals surface area contributed by atoms with E-state index < -0.39 is 17.6 Å². The Hall–Kier alpha value is -2.52. The number of rotatable bonds is 8. The zero-order valence-electron chi connectivity index (χ0n) is 15.5. The van der Waals surface area contributed by atoms with E-state index in [-0.39, 0.29) is 17.4 Å². The van der Waals surface area contributed by atoms with Gasteiger partial charge in [-0.2, -0.15) is 13.2 Å². The van der Waals surface area contributed by atoms with Crippen LogP contribution in [0.15, 0.2) is 60.3 Å². The molecule has 0 radical (unpaired) electrons. The van der Waals surface area contributed by atoms with E-state index in [4.69, 9.17) is 16.3 Å². The Morgan fingerprint density at radius 3 is 2.67 bits per heavy atom. The lowest BCUT2D eigenvalue weighted by molar-refractivity contribution is -0.137. The second kappa shape index (κ2) is 9.53. The summed E-state index contributed by atoms with van der Waals surface area (Å²) in [6.07, 6.45) is -2.75. The van der Waals surface area contributed by atoms with Gasteiger partial charge < -0.3 is 4.74 Å². The van der Waals surface area contributed by atoms with Crippen LogP contribution in [0.4, 0.5) is 17.6 Å². The first kappa shape index (κ1) is 22.2. The Labute approximate surface area is 179 Å². The van der Waals surface area contributed by atoms with Crippen LogP contribution in [0.3, 0.4) is 0 Å². The first-order chi connectivity index (χ1) is 14.3. The second-order valence-corrected chi connectivity index (χ2v) is 7.50. The van der Waals surface area contributed by atoms with Crippen LogP contribution in [0.2, 0.25) is 5.02 Å². The number of thioether (sulfide) groups is 1. The Kier molecular flexibility index (Phi) is 7.04. The molecule has 0 aliphatic rings. The third-order valence-corrected chi connectivity index (χ3v) is 5.31. The van der Waals surface area contributed by atoms with Crippen molar-refractivity contribution in [1.82, 2.24) is 14.8 Å². The first-order valence-corrected chi connectivity index (χ1v) is 10.0. The van der Waals surface area contributed by atoms with Gasteiger partial charge in [0.1, 0.15) is 18.2 Å². The number of aromatic nitrogens is 3. The Morgan fingerprint density at radius 2 is 1.97 bits per heavy atom. The van der Waals surface area contributed by atoms with Crippen molar-refractivity contribution in [3.8, 4) is 5.75 Å². The van der Waals surface area contributed by atoms with Gasteiger partial charge in [-0.1, -0.05) is 47.6 Å². The molecular weight excluding hydrogens is 442 g/mol. The molecule has 30 heavy (non-hydrogen) atoms. The van der Waals surface area contributed by atoms with Gasteiger partial charge in [0, 0.05) is 12.3 Å². The summed E-state index contributed by atoms with van der Waals surface area (Å²) in [5.74, 6) is 0.575. The molecule has 10 heteroatoms. The first-order valence-electron chi connectivity index (χ1n) is 8.67. The monoisotopic (exact) mass is 457 g/mol. The van der Waals surface area contributed by atoms with E-state index in [1.807, 2.05) is 0 Å². The van der Waals surface area contributed by atoms with Gasteiger partial charge in [0.2, 0.25) is 0 Å². The van der Waals surface area contributed by atoms with Gasteiger partial charge in [0.15, 0.2) is 11.0 Å². The highest BCUT2D eigenvalue weighted by Crippen LogP contribution is 2.31. The third-order valence-electron chi connectivity index (χ3n) is 3.98. The van der Waals surface area contributed by atoms with Crippen molar-refractivity contribution in [2.45, 2.75) is 30.2 Å². The number of hydrogen-bond acceptors (Lipinski definition) is 4. The van der Waals surface area contributed by atoms with Gasteiger partial charge in [-0.3, -0.25) is 4.57 Å². The van der Waals surface area contributed by atoms with Crippen LogP contribution >= 0.6 is 23.4 Å². The van der Waals surface area contributed by atoms with Crippen LogP contribution in [-0.4, -0.2) is 14.8 Å². The SMILES string of the molecule is C=CCn1c(COc2ccc(F)cc2Cl)nnc1SCc1cccc(C(F)(F)F)c1. The molecule has 0 atom stereocenters. The molecule has 0 spiro atoms. The molecule has 0 saturated heterocycles. The van der Waals surface area contributed by atoms with E-state index >= 15 is 0 Å². The predicted molar refractivity (Wildman–Crippen MR) is 107 cm³/mol. The molecule has 0 bridgehead atoms. The molecule has 3 rings (SSSR count). The predicted octanol–water partition coefficient (Wildman–Crippen LogP) is 6.15. The van der Waals surface area contributed by atoms with Crippen molar-refractivity contribution >= 4 is 23.4 Å². The molecule has 0 unspecified atom stereocenters. The van der Waals surface area contributed by atoms with Crippen molar-refractivity contribution in [2.24, 2.45) is 0 Å². The second-order valence-electron chi connectivity index (χ2n) is 6.15. The molecule has 0 amide bonds. The van der Waals surface area contributed by atoms with Crippen LogP contribution in [0, 0.1) is 5.82 Å². The highest BCUT2D eigenvalue weighted by atomic mass is 35.5. The summed E-state index contributed by atoms with van der Waals surface area (Å²) >= 11 is 7.21. The molecule has 158 valence electrons. The number of alkyl halides is 3. The van der Waals surface area contributed by atoms with Crippen LogP contribution in [0.1, 0.15) is 17.0 Å². The maximum Gasteiger partial charge on any atom is 0.416 e. The van der Waals surface area contributed by atoms with Crippen molar-refractivity contribution in [1.29, 1.82) is 0 Å². The van der Waals surface area contributed by atoms with Crippen LogP contribution in [0.25, 0.3) is 0 Å². The topological polar surface area (TPSA) is 39.9 Å². The average molecular weight is 458 g/mol. The summed E-state index contributed by atoms with van der Waals surface area (Å²) < 4.78 is 59.2. The van der Waals surface area contributed by atoms with Gasteiger partial charge in [0.25, 0.3) is 0 Å². The molecule has 1 heterocycles. The molecule has 0 aliphatic heterocycles. The molecule has 0 saturated carbocycles. The van der Waals surface area contributed by atoms with Crippen LogP contribution in [0.5, 0.6) is 5.75 Å². The average Bonchev–Trinajstić information content (AvgIpc) is 3.07. The smallest absolute Gasteiger partial charge is 0.416 e. The Morgan fingerprint density at radius 1 is 1.17 bits per heavy atom. The Bertz CT molecular complexity index is 1040. The van der Waals surface area contributed by atoms with Crippen LogP contribution in [-0.2, 0) is 25.1 Å². The molecule has 4 nitrogen and oxygen atoms in total. The molecule has 0 fully saturated rings. The number of nitrogens with zero attached hydrogens (tertiary/aromatic N) is 3. The highest BCUT2D eigenvalue weighted by Gasteiger charge is 2.30. The fourth-order valence-corrected chi connectivity index (χ4v) is 3.70. The van der Waals surface area contributed by atoms with Crippen LogP contribution < -0.4 is 4.74 Å². The number of hydrogen-bond donors (Lipinski definition) is 0. The number of ether oxygens (including phenoxy) is 1. The fourth-order valence-electron chi connectivity index (χ4n) is 2.56. The van der Waals surface area contributed by atoms with Crippen molar-refractivity contribution in [2.75, 3.05) is 0 Å². The van der Waals surface area contributed by atoms with Gasteiger partial charge in [0.05, 0.1) is 10.6 Å². The van der Waals surface area contributed by atoms with Crippen molar-refractivity contribution in [3.63, 3.8) is 0 Å². The summed E-state index contributed by atoms with van der Waals surface area (Å²) in [4.78, 5) is 0. The zero-order chi connectivity index (χ0) is 21.7. The number of allylic oxidation sites excluding steroid dienone is 1. The van der Waals surface area contributed by atoms with E-state index in [1.165, 1.54) is 30.0 Å². The molecule has 0 aliphatic carbocycles. The van der Waals surface area contributed by atoms with Crippen molar-refractivity contribution in [3.05, 3.63) is 82.9 Å². The quantitative estimate of drug-likeness (QED) is 0.231. The summed E-state index contributed by atoms with van der Waals surface area (Å²) in [6.45, 7) is 4.11. The maximum atomic E-state index is 13.2. The summed E-state index contributed by atoms with van der Waals surface area (Å²) in [5.41, 5.74) is -0.183. The third kappa shape index (κ3) is 5.54. The summed E-state index contributed by atoms with van der Waals surface area (Å²) in [5, 5.41) is 8.83. The minimum absolute atomic E-state index is 0.0241. The minimum Gasteiger partial charge on any atom is -0.484 e. The Balaban J connectivity index is 1.72. The maximum absolute atomic E-state index is 13.2. The van der Waals surface area contributed by atoms with Gasteiger partial charge in [-0.05, 0) is 29.8 Å². The fraction of sp³-hybridized carbons (Fsp3) is 0.200. The normalized spacial score (nSPS) is 11.5. The van der Waals surface area contributed by atoms with Gasteiger partial charge in [-0.15, -0.1) is 16.8 Å². The standard InChI is InChI=1S/C20H16ClF4N3OS/c1-2-8-28-18(11-29-17-7-6-15(22)10-16(17)21)26-27-19(28)30-12-13-4-3-5-14(9-13)20(23,24)25/h2-7,9-10H,1,8,11-12H2. The molecule has 2 aromatic carbocycles. The van der Waals surface area contributed by atoms with Gasteiger partial charge >= 0.3 is 6.18 Å². The van der Waals surface area contributed by atoms with Gasteiger partial charge in [-0.25, -0.2) is 4.39 Å². The molecular formula is C20H16ClF4N3OS.